The first-order valence-electron chi connectivity index (χ1n) is 7.97. The van der Waals surface area contributed by atoms with Crippen LogP contribution in [0.1, 0.15) is 42.8 Å². The first-order valence-corrected chi connectivity index (χ1v) is 7.97. The van der Waals surface area contributed by atoms with E-state index >= 15 is 0 Å². The molecule has 0 bridgehead atoms. The van der Waals surface area contributed by atoms with Crippen molar-refractivity contribution in [1.29, 1.82) is 0 Å². The smallest absolute Gasteiger partial charge is 0.245 e. The number of aromatic nitrogens is 3. The molecule has 1 saturated carbocycles. The molecule has 0 saturated heterocycles. The number of carbonyl (C=O) groups excluding carboxylic acids is 2. The highest BCUT2D eigenvalue weighted by molar-refractivity contribution is 5.86. The molecule has 2 N–H and O–H groups in total. The molecule has 0 aromatic carbocycles. The fourth-order valence-corrected chi connectivity index (χ4v) is 2.61. The van der Waals surface area contributed by atoms with Gasteiger partial charge in [0.05, 0.1) is 12.9 Å². The number of likely N-dealkylation sites (N-methyl/N-ethyl adjacent to an activating group) is 1. The molecule has 1 fully saturated rings. The lowest BCUT2D eigenvalue weighted by atomic mass is 10.1. The Labute approximate surface area is 139 Å². The van der Waals surface area contributed by atoms with Crippen LogP contribution in [0.3, 0.4) is 0 Å². The summed E-state index contributed by atoms with van der Waals surface area (Å²) in [6.45, 7) is 1.74. The van der Waals surface area contributed by atoms with Crippen molar-refractivity contribution in [3.05, 3.63) is 35.7 Å². The van der Waals surface area contributed by atoms with Gasteiger partial charge in [-0.15, -0.1) is 0 Å². The minimum Gasteiger partial charge on any atom is -0.361 e. The quantitative estimate of drug-likeness (QED) is 0.787. The molecule has 8 heteroatoms. The van der Waals surface area contributed by atoms with Gasteiger partial charge >= 0.3 is 0 Å². The summed E-state index contributed by atoms with van der Waals surface area (Å²) in [7, 11) is 1.69. The number of amides is 2. The van der Waals surface area contributed by atoms with E-state index in [1.807, 2.05) is 6.07 Å². The summed E-state index contributed by atoms with van der Waals surface area (Å²) in [6, 6.07) is 1.26. The predicted molar refractivity (Wildman–Crippen MR) is 84.8 cm³/mol. The van der Waals surface area contributed by atoms with Crippen LogP contribution in [-0.4, -0.2) is 44.9 Å². The van der Waals surface area contributed by atoms with Gasteiger partial charge in [-0.1, -0.05) is 5.16 Å². The zero-order chi connectivity index (χ0) is 17.1. The van der Waals surface area contributed by atoms with Crippen LogP contribution in [0.5, 0.6) is 0 Å². The highest BCUT2D eigenvalue weighted by Gasteiger charge is 2.29. The van der Waals surface area contributed by atoms with E-state index in [9.17, 15) is 9.59 Å². The molecule has 2 aromatic heterocycles. The van der Waals surface area contributed by atoms with E-state index in [2.05, 4.69) is 20.4 Å². The maximum Gasteiger partial charge on any atom is 0.245 e. The Morgan fingerprint density at radius 1 is 1.50 bits per heavy atom. The fraction of sp³-hybridized carbons (Fsp3) is 0.500. The number of nitrogens with zero attached hydrogens (tertiary/aromatic N) is 3. The Bertz CT molecular complexity index is 705. The summed E-state index contributed by atoms with van der Waals surface area (Å²) < 4.78 is 5.31. The number of aromatic amines is 1. The molecular formula is C16H21N5O3. The lowest BCUT2D eigenvalue weighted by molar-refractivity contribution is -0.135. The monoisotopic (exact) mass is 331 g/mol. The number of nitrogens with one attached hydrogen (secondary N) is 2. The number of hydrogen-bond donors (Lipinski definition) is 2. The average molecular weight is 331 g/mol. The van der Waals surface area contributed by atoms with E-state index in [0.29, 0.717) is 18.9 Å². The van der Waals surface area contributed by atoms with Crippen molar-refractivity contribution in [2.24, 2.45) is 0 Å². The fourth-order valence-electron chi connectivity index (χ4n) is 2.61. The summed E-state index contributed by atoms with van der Waals surface area (Å²) in [5.74, 6) is 0.941. The second kappa shape index (κ2) is 6.86. The van der Waals surface area contributed by atoms with E-state index in [1.54, 1.807) is 24.5 Å². The second-order valence-corrected chi connectivity index (χ2v) is 6.22. The van der Waals surface area contributed by atoms with Crippen LogP contribution in [0.2, 0.25) is 0 Å². The van der Waals surface area contributed by atoms with Crippen molar-refractivity contribution in [1.82, 2.24) is 25.3 Å². The number of carbonyl (C=O) groups is 2. The first-order chi connectivity index (χ1) is 11.5. The molecule has 0 spiro atoms. The van der Waals surface area contributed by atoms with Crippen molar-refractivity contribution < 1.29 is 14.1 Å². The first kappa shape index (κ1) is 16.2. The van der Waals surface area contributed by atoms with Gasteiger partial charge in [-0.05, 0) is 12.8 Å². The summed E-state index contributed by atoms with van der Waals surface area (Å²) in [5.41, 5.74) is 1.50. The van der Waals surface area contributed by atoms with Crippen LogP contribution in [0.15, 0.2) is 23.1 Å². The molecule has 1 aliphatic rings. The summed E-state index contributed by atoms with van der Waals surface area (Å²) in [6.07, 6.45) is 5.82. The van der Waals surface area contributed by atoms with Crippen molar-refractivity contribution in [3.63, 3.8) is 0 Å². The molecule has 128 valence electrons. The third-order valence-electron chi connectivity index (χ3n) is 3.99. The van der Waals surface area contributed by atoms with Gasteiger partial charge in [0.1, 0.15) is 17.5 Å². The number of rotatable bonds is 7. The lowest BCUT2D eigenvalue weighted by Gasteiger charge is -2.23. The summed E-state index contributed by atoms with van der Waals surface area (Å²) in [5, 5.41) is 6.72. The molecule has 2 amide bonds. The molecule has 3 rings (SSSR count). The van der Waals surface area contributed by atoms with Gasteiger partial charge in [-0.3, -0.25) is 9.59 Å². The molecule has 0 aliphatic heterocycles. The van der Waals surface area contributed by atoms with Gasteiger partial charge in [0, 0.05) is 44.3 Å². The molecule has 8 nitrogen and oxygen atoms in total. The molecule has 1 aliphatic carbocycles. The van der Waals surface area contributed by atoms with E-state index in [4.69, 9.17) is 4.52 Å². The second-order valence-electron chi connectivity index (χ2n) is 6.22. The van der Waals surface area contributed by atoms with Crippen molar-refractivity contribution >= 4 is 11.8 Å². The van der Waals surface area contributed by atoms with E-state index in [1.165, 1.54) is 6.92 Å². The predicted octanol–water partition coefficient (Wildman–Crippen LogP) is 0.981. The summed E-state index contributed by atoms with van der Waals surface area (Å²) in [4.78, 5) is 32.5. The molecule has 0 unspecified atom stereocenters. The zero-order valence-electron chi connectivity index (χ0n) is 13.8. The van der Waals surface area contributed by atoms with Crippen molar-refractivity contribution in [2.45, 2.75) is 44.7 Å². The lowest BCUT2D eigenvalue weighted by Crippen LogP contribution is -2.47. The van der Waals surface area contributed by atoms with Crippen LogP contribution in [-0.2, 0) is 22.6 Å². The third-order valence-corrected chi connectivity index (χ3v) is 3.99. The van der Waals surface area contributed by atoms with E-state index < -0.39 is 6.04 Å². The molecule has 0 radical (unpaired) electrons. The number of H-pyrrole nitrogens is 1. The maximum absolute atomic E-state index is 12.7. The molecular weight excluding hydrogens is 310 g/mol. The Morgan fingerprint density at radius 3 is 2.92 bits per heavy atom. The van der Waals surface area contributed by atoms with Crippen molar-refractivity contribution in [3.8, 4) is 0 Å². The van der Waals surface area contributed by atoms with Crippen LogP contribution in [0.4, 0.5) is 0 Å². The Balaban J connectivity index is 1.64. The van der Waals surface area contributed by atoms with Crippen LogP contribution in [0.25, 0.3) is 0 Å². The minimum atomic E-state index is -0.650. The van der Waals surface area contributed by atoms with Gasteiger partial charge in [0.15, 0.2) is 0 Å². The normalized spacial score (nSPS) is 15.1. The minimum absolute atomic E-state index is 0.184. The average Bonchev–Trinajstić information content (AvgIpc) is 3.06. The van der Waals surface area contributed by atoms with E-state index in [-0.39, 0.29) is 11.8 Å². The SMILES string of the molecule is CC(=O)N[C@@H](Cc1cnc[nH]1)C(=O)N(C)Cc1cc(C2CC2)on1. The van der Waals surface area contributed by atoms with Gasteiger partial charge in [0.2, 0.25) is 11.8 Å². The largest absolute Gasteiger partial charge is 0.361 e. The Morgan fingerprint density at radius 2 is 2.29 bits per heavy atom. The van der Waals surface area contributed by atoms with Crippen molar-refractivity contribution in [2.75, 3.05) is 7.05 Å². The van der Waals surface area contributed by atoms with Gasteiger partial charge in [-0.25, -0.2) is 4.98 Å². The van der Waals surface area contributed by atoms with Gasteiger partial charge in [0.25, 0.3) is 0 Å². The number of hydrogen-bond acceptors (Lipinski definition) is 5. The Hall–Kier alpha value is -2.64. The van der Waals surface area contributed by atoms with E-state index in [0.717, 1.165) is 30.0 Å². The molecule has 2 aromatic rings. The standard InChI is InChI=1S/C16H21N5O3/c1-10(22)19-14(5-12-7-17-9-18-12)16(23)21(2)8-13-6-15(24-20-13)11-3-4-11/h6-7,9,11,14H,3-5,8H2,1-2H3,(H,17,18)(H,19,22)/t14-/m0/s1. The maximum atomic E-state index is 12.7. The van der Waals surface area contributed by atoms with Gasteiger partial charge < -0.3 is 19.7 Å². The Kier molecular flexibility index (Phi) is 4.64. The third kappa shape index (κ3) is 4.01. The zero-order valence-corrected chi connectivity index (χ0v) is 13.8. The van der Waals surface area contributed by atoms with Crippen LogP contribution in [0, 0.1) is 0 Å². The molecule has 24 heavy (non-hydrogen) atoms. The summed E-state index contributed by atoms with van der Waals surface area (Å²) >= 11 is 0. The van der Waals surface area contributed by atoms with Crippen LogP contribution < -0.4 is 5.32 Å². The molecule has 2 heterocycles. The highest BCUT2D eigenvalue weighted by atomic mass is 16.5. The number of imidazole rings is 1. The topological polar surface area (TPSA) is 104 Å². The van der Waals surface area contributed by atoms with Gasteiger partial charge in [-0.2, -0.15) is 0 Å². The molecule has 1 atom stereocenters. The highest BCUT2D eigenvalue weighted by Crippen LogP contribution is 2.40. The van der Waals surface area contributed by atoms with Crippen LogP contribution >= 0.6 is 0 Å².